The fourth-order valence-electron chi connectivity index (χ4n) is 2.25. The molecule has 0 radical (unpaired) electrons. The van der Waals surface area contributed by atoms with E-state index in [4.69, 9.17) is 11.6 Å². The zero-order valence-corrected chi connectivity index (χ0v) is 11.6. The van der Waals surface area contributed by atoms with Crippen molar-refractivity contribution in [3.63, 3.8) is 0 Å². The van der Waals surface area contributed by atoms with Crippen LogP contribution in [0, 0.1) is 0 Å². The average molecular weight is 304 g/mol. The van der Waals surface area contributed by atoms with Gasteiger partial charge in [-0.2, -0.15) is 8.78 Å². The van der Waals surface area contributed by atoms with Crippen molar-refractivity contribution in [1.82, 2.24) is 5.32 Å². The first-order valence-corrected chi connectivity index (χ1v) is 6.98. The lowest BCUT2D eigenvalue weighted by Gasteiger charge is -2.25. The molecule has 6 heteroatoms. The van der Waals surface area contributed by atoms with E-state index >= 15 is 0 Å². The lowest BCUT2D eigenvalue weighted by atomic mass is 9.95. The molecule has 2 rings (SSSR count). The van der Waals surface area contributed by atoms with Gasteiger partial charge in [-0.05, 0) is 49.9 Å². The summed E-state index contributed by atoms with van der Waals surface area (Å²) in [5.41, 5.74) is 0.430. The van der Waals surface area contributed by atoms with Crippen molar-refractivity contribution in [3.8, 4) is 5.75 Å². The van der Waals surface area contributed by atoms with Crippen LogP contribution in [0.2, 0.25) is 0 Å². The summed E-state index contributed by atoms with van der Waals surface area (Å²) in [6.07, 6.45) is 3.53. The zero-order chi connectivity index (χ0) is 14.5. The minimum absolute atomic E-state index is 0.0409. The van der Waals surface area contributed by atoms with Gasteiger partial charge in [0.25, 0.3) is 5.91 Å². The van der Waals surface area contributed by atoms with E-state index in [1.165, 1.54) is 24.3 Å². The molecule has 0 spiro atoms. The molecule has 1 aromatic carbocycles. The highest BCUT2D eigenvalue weighted by atomic mass is 35.5. The maximum absolute atomic E-state index is 12.0. The summed E-state index contributed by atoms with van der Waals surface area (Å²) in [4.78, 5) is 12.0. The van der Waals surface area contributed by atoms with E-state index in [0.29, 0.717) is 5.56 Å². The van der Waals surface area contributed by atoms with Crippen LogP contribution in [0.1, 0.15) is 36.0 Å². The molecule has 3 nitrogen and oxygen atoms in total. The topological polar surface area (TPSA) is 38.3 Å². The van der Waals surface area contributed by atoms with Crippen LogP contribution in [-0.2, 0) is 0 Å². The molecule has 0 saturated heterocycles. The number of hydrogen-bond donors (Lipinski definition) is 1. The van der Waals surface area contributed by atoms with Crippen LogP contribution in [0.3, 0.4) is 0 Å². The Hall–Kier alpha value is -1.36. The Morgan fingerprint density at radius 1 is 1.20 bits per heavy atom. The van der Waals surface area contributed by atoms with E-state index in [1.807, 2.05) is 0 Å². The van der Waals surface area contributed by atoms with Crippen LogP contribution in [0.5, 0.6) is 5.75 Å². The second-order valence-electron chi connectivity index (χ2n) is 4.83. The first kappa shape index (κ1) is 15.0. The van der Waals surface area contributed by atoms with Gasteiger partial charge in [-0.3, -0.25) is 4.79 Å². The number of ether oxygens (including phenoxy) is 1. The molecular weight excluding hydrogens is 288 g/mol. The third-order valence-corrected chi connectivity index (χ3v) is 3.77. The van der Waals surface area contributed by atoms with Gasteiger partial charge in [0.15, 0.2) is 0 Å². The van der Waals surface area contributed by atoms with Crippen molar-refractivity contribution >= 4 is 17.5 Å². The number of carbonyl (C=O) groups is 1. The minimum atomic E-state index is -2.86. The molecule has 1 fully saturated rings. The number of carbonyl (C=O) groups excluding carboxylic acids is 1. The second-order valence-corrected chi connectivity index (χ2v) is 5.44. The molecule has 0 atom stereocenters. The first-order valence-electron chi connectivity index (χ1n) is 6.54. The molecule has 0 bridgehead atoms. The van der Waals surface area contributed by atoms with Crippen molar-refractivity contribution in [3.05, 3.63) is 29.8 Å². The van der Waals surface area contributed by atoms with Crippen molar-refractivity contribution < 1.29 is 18.3 Å². The smallest absolute Gasteiger partial charge is 0.387 e. The lowest BCUT2D eigenvalue weighted by molar-refractivity contribution is -0.0498. The first-order chi connectivity index (χ1) is 9.54. The Balaban J connectivity index is 1.89. The lowest BCUT2D eigenvalue weighted by Crippen LogP contribution is -2.37. The van der Waals surface area contributed by atoms with Gasteiger partial charge in [0.1, 0.15) is 5.75 Å². The monoisotopic (exact) mass is 303 g/mol. The second kappa shape index (κ2) is 6.88. The predicted molar refractivity (Wildman–Crippen MR) is 72.4 cm³/mol. The predicted octanol–water partition coefficient (Wildman–Crippen LogP) is 3.57. The van der Waals surface area contributed by atoms with E-state index in [1.54, 1.807) is 0 Å². The zero-order valence-electron chi connectivity index (χ0n) is 10.8. The van der Waals surface area contributed by atoms with Gasteiger partial charge in [-0.1, -0.05) is 0 Å². The number of amides is 1. The SMILES string of the molecule is O=C(NC1CCC(Cl)CC1)c1ccc(OC(F)F)cc1. The van der Waals surface area contributed by atoms with Gasteiger partial charge in [0.05, 0.1) is 0 Å². The molecule has 0 aliphatic heterocycles. The number of nitrogens with one attached hydrogen (secondary N) is 1. The molecule has 0 unspecified atom stereocenters. The molecule has 1 saturated carbocycles. The molecule has 1 aliphatic rings. The highest BCUT2D eigenvalue weighted by Gasteiger charge is 2.21. The Morgan fingerprint density at radius 3 is 2.35 bits per heavy atom. The van der Waals surface area contributed by atoms with Crippen molar-refractivity contribution in [2.75, 3.05) is 0 Å². The van der Waals surface area contributed by atoms with Gasteiger partial charge in [-0.15, -0.1) is 11.6 Å². The van der Waals surface area contributed by atoms with Gasteiger partial charge in [-0.25, -0.2) is 0 Å². The number of benzene rings is 1. The van der Waals surface area contributed by atoms with Crippen LogP contribution in [-0.4, -0.2) is 23.9 Å². The third kappa shape index (κ3) is 4.34. The van der Waals surface area contributed by atoms with Crippen molar-refractivity contribution in [2.45, 2.75) is 43.7 Å². The quantitative estimate of drug-likeness (QED) is 0.864. The normalized spacial score (nSPS) is 22.6. The largest absolute Gasteiger partial charge is 0.435 e. The van der Waals surface area contributed by atoms with E-state index in [2.05, 4.69) is 10.1 Å². The van der Waals surface area contributed by atoms with E-state index in [-0.39, 0.29) is 23.1 Å². The summed E-state index contributed by atoms with van der Waals surface area (Å²) >= 11 is 6.01. The van der Waals surface area contributed by atoms with Gasteiger partial charge in [0, 0.05) is 17.0 Å². The Morgan fingerprint density at radius 2 is 1.80 bits per heavy atom. The summed E-state index contributed by atoms with van der Waals surface area (Å²) in [6.45, 7) is -2.86. The summed E-state index contributed by atoms with van der Waals surface area (Å²) in [6, 6.07) is 5.79. The van der Waals surface area contributed by atoms with E-state index < -0.39 is 6.61 Å². The highest BCUT2D eigenvalue weighted by molar-refractivity contribution is 6.20. The number of hydrogen-bond acceptors (Lipinski definition) is 2. The van der Waals surface area contributed by atoms with Crippen LogP contribution in [0.4, 0.5) is 8.78 Å². The van der Waals surface area contributed by atoms with E-state index in [0.717, 1.165) is 25.7 Å². The molecule has 1 aliphatic carbocycles. The van der Waals surface area contributed by atoms with Crippen LogP contribution >= 0.6 is 11.6 Å². The van der Waals surface area contributed by atoms with Crippen LogP contribution in [0.25, 0.3) is 0 Å². The molecule has 20 heavy (non-hydrogen) atoms. The summed E-state index contributed by atoms with van der Waals surface area (Å²) in [5, 5.41) is 3.13. The number of alkyl halides is 3. The molecule has 1 N–H and O–H groups in total. The number of halogens is 3. The maximum atomic E-state index is 12.0. The Labute approximate surface area is 121 Å². The summed E-state index contributed by atoms with van der Waals surface area (Å²) in [7, 11) is 0. The molecule has 0 heterocycles. The van der Waals surface area contributed by atoms with Crippen LogP contribution in [0.15, 0.2) is 24.3 Å². The Bertz CT molecular complexity index is 445. The Kier molecular flexibility index (Phi) is 5.17. The number of rotatable bonds is 4. The average Bonchev–Trinajstić information content (AvgIpc) is 2.41. The van der Waals surface area contributed by atoms with E-state index in [9.17, 15) is 13.6 Å². The molecular formula is C14H16ClF2NO2. The third-order valence-electron chi connectivity index (χ3n) is 3.33. The van der Waals surface area contributed by atoms with Gasteiger partial charge >= 0.3 is 6.61 Å². The van der Waals surface area contributed by atoms with Crippen molar-refractivity contribution in [2.24, 2.45) is 0 Å². The van der Waals surface area contributed by atoms with Gasteiger partial charge < -0.3 is 10.1 Å². The molecule has 0 aromatic heterocycles. The fourth-order valence-corrected chi connectivity index (χ4v) is 2.51. The highest BCUT2D eigenvalue weighted by Crippen LogP contribution is 2.23. The van der Waals surface area contributed by atoms with Crippen molar-refractivity contribution in [1.29, 1.82) is 0 Å². The standard InChI is InChI=1S/C14H16ClF2NO2/c15-10-3-5-11(6-4-10)18-13(19)9-1-7-12(8-2-9)20-14(16)17/h1-2,7-8,10-11,14H,3-6H2,(H,18,19). The summed E-state index contributed by atoms with van der Waals surface area (Å²) < 4.78 is 28.2. The minimum Gasteiger partial charge on any atom is -0.435 e. The fraction of sp³-hybridized carbons (Fsp3) is 0.500. The summed E-state index contributed by atoms with van der Waals surface area (Å²) in [5.74, 6) is -0.161. The molecule has 110 valence electrons. The van der Waals surface area contributed by atoms with Gasteiger partial charge in [0.2, 0.25) is 0 Å². The van der Waals surface area contributed by atoms with Crippen LogP contribution < -0.4 is 10.1 Å². The molecule has 1 aromatic rings. The molecule has 1 amide bonds. The maximum Gasteiger partial charge on any atom is 0.387 e.